The first-order valence-electron chi connectivity index (χ1n) is 9.54. The van der Waals surface area contributed by atoms with Gasteiger partial charge in [0.05, 0.1) is 11.0 Å². The largest absolute Gasteiger partial charge is 0.484 e. The Labute approximate surface area is 159 Å². The fraction of sp³-hybridized carbons (Fsp3) is 0.364. The molecule has 1 aliphatic carbocycles. The van der Waals surface area contributed by atoms with Crippen molar-refractivity contribution in [3.8, 4) is 5.75 Å². The SMILES string of the molecule is Cc1ccc(OCC(=O)NC2CCCC2c2nc3ccccc3[nH]2)cc1C. The van der Waals surface area contributed by atoms with Crippen LogP contribution in [0.2, 0.25) is 0 Å². The molecule has 1 heterocycles. The molecule has 0 spiro atoms. The van der Waals surface area contributed by atoms with Crippen molar-refractivity contribution in [3.05, 3.63) is 59.4 Å². The number of aryl methyl sites for hydroxylation is 2. The highest BCUT2D eigenvalue weighted by molar-refractivity contribution is 5.78. The topological polar surface area (TPSA) is 67.0 Å². The summed E-state index contributed by atoms with van der Waals surface area (Å²) in [6.45, 7) is 4.13. The summed E-state index contributed by atoms with van der Waals surface area (Å²) in [5.74, 6) is 1.84. The smallest absolute Gasteiger partial charge is 0.258 e. The van der Waals surface area contributed by atoms with Gasteiger partial charge in [0, 0.05) is 12.0 Å². The van der Waals surface area contributed by atoms with Gasteiger partial charge in [-0.1, -0.05) is 24.6 Å². The standard InChI is InChI=1S/C22H25N3O2/c1-14-10-11-16(12-15(14)2)27-13-21(26)23-18-9-5-6-17(18)22-24-19-7-3-4-8-20(19)25-22/h3-4,7-8,10-12,17-18H,5-6,9,13H2,1-2H3,(H,23,26)(H,24,25). The van der Waals surface area contributed by atoms with Crippen molar-refractivity contribution in [3.63, 3.8) is 0 Å². The maximum Gasteiger partial charge on any atom is 0.258 e. The molecule has 0 bridgehead atoms. The maximum atomic E-state index is 12.4. The number of H-pyrrole nitrogens is 1. The quantitative estimate of drug-likeness (QED) is 0.720. The summed E-state index contributed by atoms with van der Waals surface area (Å²) in [5, 5.41) is 3.14. The number of amides is 1. The van der Waals surface area contributed by atoms with E-state index >= 15 is 0 Å². The van der Waals surface area contributed by atoms with Crippen LogP contribution in [-0.2, 0) is 4.79 Å². The van der Waals surface area contributed by atoms with Crippen LogP contribution in [0.25, 0.3) is 11.0 Å². The highest BCUT2D eigenvalue weighted by Gasteiger charge is 2.32. The van der Waals surface area contributed by atoms with Gasteiger partial charge >= 0.3 is 0 Å². The van der Waals surface area contributed by atoms with E-state index in [-0.39, 0.29) is 24.5 Å². The van der Waals surface area contributed by atoms with E-state index in [0.717, 1.165) is 47.4 Å². The number of fused-ring (bicyclic) bond motifs is 1. The third kappa shape index (κ3) is 3.82. The Kier molecular flexibility index (Phi) is 4.84. The summed E-state index contributed by atoms with van der Waals surface area (Å²) in [4.78, 5) is 20.5. The van der Waals surface area contributed by atoms with Crippen LogP contribution in [0.15, 0.2) is 42.5 Å². The van der Waals surface area contributed by atoms with Crippen molar-refractivity contribution >= 4 is 16.9 Å². The van der Waals surface area contributed by atoms with Crippen LogP contribution in [0.5, 0.6) is 5.75 Å². The number of imidazole rings is 1. The number of para-hydroxylation sites is 2. The summed E-state index contributed by atoms with van der Waals surface area (Å²) < 4.78 is 5.67. The molecule has 0 aliphatic heterocycles. The van der Waals surface area contributed by atoms with Crippen LogP contribution in [0.1, 0.15) is 42.1 Å². The lowest BCUT2D eigenvalue weighted by Gasteiger charge is -2.19. The molecule has 1 saturated carbocycles. The van der Waals surface area contributed by atoms with Crippen molar-refractivity contribution in [1.29, 1.82) is 0 Å². The molecule has 4 rings (SSSR count). The average Bonchev–Trinajstić information content (AvgIpc) is 3.28. The number of carbonyl (C=O) groups is 1. The van der Waals surface area contributed by atoms with E-state index in [4.69, 9.17) is 9.72 Å². The lowest BCUT2D eigenvalue weighted by atomic mass is 10.0. The summed E-state index contributed by atoms with van der Waals surface area (Å²) in [6, 6.07) is 14.0. The normalized spacial score (nSPS) is 19.3. The fourth-order valence-corrected chi connectivity index (χ4v) is 3.81. The number of carbonyl (C=O) groups excluding carboxylic acids is 1. The number of rotatable bonds is 5. The van der Waals surface area contributed by atoms with Gasteiger partial charge in [0.25, 0.3) is 5.91 Å². The van der Waals surface area contributed by atoms with Gasteiger partial charge in [-0.25, -0.2) is 4.98 Å². The number of benzene rings is 2. The Balaban J connectivity index is 1.38. The van der Waals surface area contributed by atoms with Gasteiger partial charge in [-0.3, -0.25) is 4.79 Å². The second-order valence-corrected chi connectivity index (χ2v) is 7.39. The number of nitrogens with zero attached hydrogens (tertiary/aromatic N) is 1. The van der Waals surface area contributed by atoms with Gasteiger partial charge in [0.15, 0.2) is 6.61 Å². The van der Waals surface area contributed by atoms with Gasteiger partial charge in [0.2, 0.25) is 0 Å². The van der Waals surface area contributed by atoms with E-state index in [0.29, 0.717) is 0 Å². The molecule has 3 aromatic rings. The molecule has 5 nitrogen and oxygen atoms in total. The lowest BCUT2D eigenvalue weighted by Crippen LogP contribution is -2.39. The first kappa shape index (κ1) is 17.6. The second-order valence-electron chi connectivity index (χ2n) is 7.39. The molecule has 140 valence electrons. The van der Waals surface area contributed by atoms with Crippen LogP contribution in [0.3, 0.4) is 0 Å². The van der Waals surface area contributed by atoms with Crippen LogP contribution in [0, 0.1) is 13.8 Å². The van der Waals surface area contributed by atoms with Crippen LogP contribution >= 0.6 is 0 Å². The van der Waals surface area contributed by atoms with Crippen molar-refractivity contribution in [2.24, 2.45) is 0 Å². The van der Waals surface area contributed by atoms with Crippen molar-refractivity contribution < 1.29 is 9.53 Å². The molecule has 1 amide bonds. The summed E-state index contributed by atoms with van der Waals surface area (Å²) in [6.07, 6.45) is 3.09. The molecule has 0 saturated heterocycles. The zero-order chi connectivity index (χ0) is 18.8. The second kappa shape index (κ2) is 7.43. The Bertz CT molecular complexity index is 930. The van der Waals surface area contributed by atoms with Gasteiger partial charge < -0.3 is 15.0 Å². The first-order chi connectivity index (χ1) is 13.1. The first-order valence-corrected chi connectivity index (χ1v) is 9.54. The number of hydrogen-bond acceptors (Lipinski definition) is 3. The molecule has 5 heteroatoms. The highest BCUT2D eigenvalue weighted by atomic mass is 16.5. The van der Waals surface area contributed by atoms with Crippen LogP contribution < -0.4 is 10.1 Å². The Morgan fingerprint density at radius 1 is 1.19 bits per heavy atom. The Hall–Kier alpha value is -2.82. The summed E-state index contributed by atoms with van der Waals surface area (Å²) in [7, 11) is 0. The molecule has 2 atom stereocenters. The van der Waals surface area contributed by atoms with E-state index in [1.807, 2.05) is 49.4 Å². The van der Waals surface area contributed by atoms with Gasteiger partial charge in [0.1, 0.15) is 11.6 Å². The minimum atomic E-state index is -0.0822. The average molecular weight is 363 g/mol. The highest BCUT2D eigenvalue weighted by Crippen LogP contribution is 2.34. The summed E-state index contributed by atoms with van der Waals surface area (Å²) in [5.41, 5.74) is 4.39. The maximum absolute atomic E-state index is 12.4. The Morgan fingerprint density at radius 2 is 2.04 bits per heavy atom. The zero-order valence-corrected chi connectivity index (χ0v) is 15.8. The Morgan fingerprint density at radius 3 is 2.85 bits per heavy atom. The predicted molar refractivity (Wildman–Crippen MR) is 106 cm³/mol. The number of ether oxygens (including phenoxy) is 1. The van der Waals surface area contributed by atoms with Crippen LogP contribution in [-0.4, -0.2) is 28.5 Å². The van der Waals surface area contributed by atoms with Crippen molar-refractivity contribution in [1.82, 2.24) is 15.3 Å². The van der Waals surface area contributed by atoms with Crippen LogP contribution in [0.4, 0.5) is 0 Å². The van der Waals surface area contributed by atoms with E-state index in [1.165, 1.54) is 5.56 Å². The number of aromatic nitrogens is 2. The number of nitrogens with one attached hydrogen (secondary N) is 2. The van der Waals surface area contributed by atoms with E-state index < -0.39 is 0 Å². The van der Waals surface area contributed by atoms with Gasteiger partial charge in [-0.15, -0.1) is 0 Å². The van der Waals surface area contributed by atoms with Crippen molar-refractivity contribution in [2.45, 2.75) is 45.1 Å². The van der Waals surface area contributed by atoms with E-state index in [1.54, 1.807) is 0 Å². The predicted octanol–water partition coefficient (Wildman–Crippen LogP) is 4.01. The molecule has 27 heavy (non-hydrogen) atoms. The monoisotopic (exact) mass is 363 g/mol. The summed E-state index contributed by atoms with van der Waals surface area (Å²) >= 11 is 0. The third-order valence-electron chi connectivity index (χ3n) is 5.47. The molecular formula is C22H25N3O2. The van der Waals surface area contributed by atoms with Crippen molar-refractivity contribution in [2.75, 3.05) is 6.61 Å². The molecule has 2 N–H and O–H groups in total. The zero-order valence-electron chi connectivity index (χ0n) is 15.8. The van der Waals surface area contributed by atoms with Gasteiger partial charge in [-0.2, -0.15) is 0 Å². The molecular weight excluding hydrogens is 338 g/mol. The third-order valence-corrected chi connectivity index (χ3v) is 5.47. The van der Waals surface area contributed by atoms with Gasteiger partial charge in [-0.05, 0) is 62.1 Å². The lowest BCUT2D eigenvalue weighted by molar-refractivity contribution is -0.123. The number of hydrogen-bond donors (Lipinski definition) is 2. The fourth-order valence-electron chi connectivity index (χ4n) is 3.81. The minimum absolute atomic E-state index is 0.0336. The molecule has 2 unspecified atom stereocenters. The molecule has 0 radical (unpaired) electrons. The number of aromatic amines is 1. The van der Waals surface area contributed by atoms with E-state index in [9.17, 15) is 4.79 Å². The molecule has 2 aromatic carbocycles. The molecule has 1 aromatic heterocycles. The molecule has 1 fully saturated rings. The minimum Gasteiger partial charge on any atom is -0.484 e. The van der Waals surface area contributed by atoms with E-state index in [2.05, 4.69) is 17.2 Å². The molecule has 1 aliphatic rings.